The van der Waals surface area contributed by atoms with Gasteiger partial charge < -0.3 is 15.7 Å². The van der Waals surface area contributed by atoms with Crippen molar-refractivity contribution >= 4 is 23.8 Å². The van der Waals surface area contributed by atoms with Crippen LogP contribution in [0.1, 0.15) is 16.1 Å². The lowest BCUT2D eigenvalue weighted by Crippen LogP contribution is -2.36. The predicted molar refractivity (Wildman–Crippen MR) is 77.6 cm³/mol. The number of rotatable bonds is 7. The average molecular weight is 293 g/mol. The number of aromatic carboxylic acids is 1. The standard InChI is InChI=1S/C13H15N3O3S/c1-2-6-20-7-5-15-13(19)16-9-11-8-10(12(17)18)3-4-14-11/h1,3-4,8H,5-7,9H2,(H,17,18)(H2,15,16,19). The number of carboxylic acid groups (broad SMARTS) is 1. The molecule has 0 aromatic carbocycles. The molecule has 1 rings (SSSR count). The number of thioether (sulfide) groups is 1. The molecule has 0 saturated carbocycles. The van der Waals surface area contributed by atoms with Gasteiger partial charge in [0.2, 0.25) is 0 Å². The second-order valence-corrected chi connectivity index (χ2v) is 4.81. The zero-order chi connectivity index (χ0) is 14.8. The first-order valence-corrected chi connectivity index (χ1v) is 7.00. The molecule has 1 heterocycles. The van der Waals surface area contributed by atoms with Gasteiger partial charge in [0.1, 0.15) is 0 Å². The molecular formula is C13H15N3O3S. The van der Waals surface area contributed by atoms with E-state index in [-0.39, 0.29) is 18.1 Å². The summed E-state index contributed by atoms with van der Waals surface area (Å²) in [5.41, 5.74) is 0.629. The molecule has 7 heteroatoms. The molecule has 0 aliphatic rings. The molecule has 1 aromatic rings. The van der Waals surface area contributed by atoms with E-state index in [1.54, 1.807) is 11.8 Å². The van der Waals surface area contributed by atoms with E-state index in [2.05, 4.69) is 21.5 Å². The Balaban J connectivity index is 2.29. The number of urea groups is 1. The van der Waals surface area contributed by atoms with Crippen molar-refractivity contribution in [1.82, 2.24) is 15.6 Å². The molecule has 0 saturated heterocycles. The van der Waals surface area contributed by atoms with Gasteiger partial charge in [-0.3, -0.25) is 4.98 Å². The van der Waals surface area contributed by atoms with Gasteiger partial charge in [0.05, 0.1) is 23.6 Å². The Morgan fingerprint density at radius 1 is 1.45 bits per heavy atom. The Morgan fingerprint density at radius 3 is 2.95 bits per heavy atom. The Morgan fingerprint density at radius 2 is 2.25 bits per heavy atom. The number of terminal acetylenes is 1. The molecule has 0 radical (unpaired) electrons. The summed E-state index contributed by atoms with van der Waals surface area (Å²) < 4.78 is 0. The maximum absolute atomic E-state index is 11.5. The number of amides is 2. The molecule has 0 unspecified atom stereocenters. The van der Waals surface area contributed by atoms with Crippen molar-refractivity contribution in [2.24, 2.45) is 0 Å². The van der Waals surface area contributed by atoms with Gasteiger partial charge in [0, 0.05) is 18.5 Å². The molecule has 0 aliphatic heterocycles. The van der Waals surface area contributed by atoms with E-state index in [1.165, 1.54) is 18.3 Å². The van der Waals surface area contributed by atoms with Gasteiger partial charge in [-0.05, 0) is 12.1 Å². The number of carbonyl (C=O) groups is 2. The fraction of sp³-hybridized carbons (Fsp3) is 0.308. The van der Waals surface area contributed by atoms with Crippen LogP contribution in [0.2, 0.25) is 0 Å². The van der Waals surface area contributed by atoms with Gasteiger partial charge in [-0.2, -0.15) is 0 Å². The highest BCUT2D eigenvalue weighted by Crippen LogP contribution is 2.01. The Kier molecular flexibility index (Phi) is 7.00. The van der Waals surface area contributed by atoms with E-state index in [0.717, 1.165) is 5.75 Å². The van der Waals surface area contributed by atoms with Crippen LogP contribution in [0.25, 0.3) is 0 Å². The molecule has 0 fully saturated rings. The summed E-state index contributed by atoms with van der Waals surface area (Å²) in [6.07, 6.45) is 6.49. The lowest BCUT2D eigenvalue weighted by atomic mass is 10.2. The van der Waals surface area contributed by atoms with Gasteiger partial charge >= 0.3 is 12.0 Å². The second-order valence-electron chi connectivity index (χ2n) is 3.71. The Hall–Kier alpha value is -2.20. The van der Waals surface area contributed by atoms with E-state index < -0.39 is 5.97 Å². The molecule has 0 spiro atoms. The van der Waals surface area contributed by atoms with Gasteiger partial charge in [0.15, 0.2) is 0 Å². The van der Waals surface area contributed by atoms with Gasteiger partial charge in [-0.1, -0.05) is 5.92 Å². The number of carbonyl (C=O) groups excluding carboxylic acids is 1. The molecule has 3 N–H and O–H groups in total. The largest absolute Gasteiger partial charge is 0.478 e. The van der Waals surface area contributed by atoms with E-state index in [4.69, 9.17) is 11.5 Å². The van der Waals surface area contributed by atoms with E-state index in [9.17, 15) is 9.59 Å². The predicted octanol–water partition coefficient (Wildman–Crippen LogP) is 0.945. The fourth-order valence-corrected chi connectivity index (χ4v) is 1.82. The van der Waals surface area contributed by atoms with E-state index in [0.29, 0.717) is 18.0 Å². The number of hydrogen-bond acceptors (Lipinski definition) is 4. The van der Waals surface area contributed by atoms with Crippen molar-refractivity contribution in [3.8, 4) is 12.3 Å². The monoisotopic (exact) mass is 293 g/mol. The topological polar surface area (TPSA) is 91.3 Å². The van der Waals surface area contributed by atoms with Crippen LogP contribution in [0.3, 0.4) is 0 Å². The van der Waals surface area contributed by atoms with Crippen molar-refractivity contribution in [2.45, 2.75) is 6.54 Å². The number of nitrogens with one attached hydrogen (secondary N) is 2. The smallest absolute Gasteiger partial charge is 0.335 e. The van der Waals surface area contributed by atoms with Gasteiger partial charge in [-0.25, -0.2) is 9.59 Å². The number of nitrogens with zero attached hydrogens (tertiary/aromatic N) is 1. The van der Waals surface area contributed by atoms with Gasteiger partial charge in [0.25, 0.3) is 0 Å². The summed E-state index contributed by atoms with van der Waals surface area (Å²) in [6.45, 7) is 0.686. The van der Waals surface area contributed by atoms with Crippen LogP contribution in [0.4, 0.5) is 4.79 Å². The summed E-state index contributed by atoms with van der Waals surface area (Å²) in [5, 5.41) is 14.1. The third-order valence-electron chi connectivity index (χ3n) is 2.21. The lowest BCUT2D eigenvalue weighted by Gasteiger charge is -2.07. The molecule has 0 bridgehead atoms. The van der Waals surface area contributed by atoms with E-state index in [1.807, 2.05) is 0 Å². The van der Waals surface area contributed by atoms with Crippen LogP contribution >= 0.6 is 11.8 Å². The molecule has 2 amide bonds. The first-order valence-electron chi connectivity index (χ1n) is 5.84. The van der Waals surface area contributed by atoms with E-state index >= 15 is 0 Å². The number of hydrogen-bond donors (Lipinski definition) is 3. The maximum Gasteiger partial charge on any atom is 0.335 e. The highest BCUT2D eigenvalue weighted by atomic mass is 32.2. The van der Waals surface area contributed by atoms with Crippen molar-refractivity contribution in [2.75, 3.05) is 18.1 Å². The lowest BCUT2D eigenvalue weighted by molar-refractivity contribution is 0.0696. The molecule has 106 valence electrons. The van der Waals surface area contributed by atoms with Crippen LogP contribution in [-0.4, -0.2) is 40.1 Å². The third-order valence-corrected chi connectivity index (χ3v) is 3.07. The van der Waals surface area contributed by atoms with Crippen LogP contribution in [-0.2, 0) is 6.54 Å². The van der Waals surface area contributed by atoms with Crippen LogP contribution in [0.15, 0.2) is 18.3 Å². The Bertz CT molecular complexity index is 514. The maximum atomic E-state index is 11.5. The third kappa shape index (κ3) is 6.11. The molecule has 1 aromatic heterocycles. The van der Waals surface area contributed by atoms with Crippen molar-refractivity contribution in [3.05, 3.63) is 29.6 Å². The van der Waals surface area contributed by atoms with Crippen molar-refractivity contribution < 1.29 is 14.7 Å². The zero-order valence-electron chi connectivity index (χ0n) is 10.8. The first-order chi connectivity index (χ1) is 9.63. The number of aromatic nitrogens is 1. The van der Waals surface area contributed by atoms with Crippen LogP contribution in [0.5, 0.6) is 0 Å². The minimum Gasteiger partial charge on any atom is -0.478 e. The quantitative estimate of drug-likeness (QED) is 0.514. The zero-order valence-corrected chi connectivity index (χ0v) is 11.6. The number of carboxylic acids is 1. The average Bonchev–Trinajstić information content (AvgIpc) is 2.45. The first kappa shape index (κ1) is 15.9. The molecule has 0 atom stereocenters. The van der Waals surface area contributed by atoms with Gasteiger partial charge in [-0.15, -0.1) is 18.2 Å². The van der Waals surface area contributed by atoms with Crippen LogP contribution in [0, 0.1) is 12.3 Å². The summed E-state index contributed by atoms with van der Waals surface area (Å²) in [5.74, 6) is 2.83. The molecular weight excluding hydrogens is 278 g/mol. The molecule has 20 heavy (non-hydrogen) atoms. The summed E-state index contributed by atoms with van der Waals surface area (Å²) in [4.78, 5) is 26.2. The number of pyridine rings is 1. The summed E-state index contributed by atoms with van der Waals surface area (Å²) >= 11 is 1.56. The minimum absolute atomic E-state index is 0.142. The second kappa shape index (κ2) is 8.82. The van der Waals surface area contributed by atoms with Crippen molar-refractivity contribution in [3.63, 3.8) is 0 Å². The fourth-order valence-electron chi connectivity index (χ4n) is 1.31. The normalized spacial score (nSPS) is 9.55. The minimum atomic E-state index is -1.02. The highest BCUT2D eigenvalue weighted by molar-refractivity contribution is 7.99. The van der Waals surface area contributed by atoms with Crippen LogP contribution < -0.4 is 10.6 Å². The molecule has 6 nitrogen and oxygen atoms in total. The highest BCUT2D eigenvalue weighted by Gasteiger charge is 2.05. The summed E-state index contributed by atoms with van der Waals surface area (Å²) in [7, 11) is 0. The SMILES string of the molecule is C#CCSCCNC(=O)NCc1cc(C(=O)O)ccn1. The molecule has 0 aliphatic carbocycles. The Labute approximate surface area is 121 Å². The van der Waals surface area contributed by atoms with Crippen molar-refractivity contribution in [1.29, 1.82) is 0 Å². The summed E-state index contributed by atoms with van der Waals surface area (Å²) in [6, 6.07) is 2.49.